The maximum Gasteiger partial charge on any atom is 0.312 e. The first-order chi connectivity index (χ1) is 62.2. The number of hydrogen-bond acceptors (Lipinski definition) is 30. The second-order valence-corrected chi connectivity index (χ2v) is 29.9. The van der Waals surface area contributed by atoms with Crippen molar-refractivity contribution >= 4 is 47.4 Å². The van der Waals surface area contributed by atoms with Crippen molar-refractivity contribution in [3.63, 3.8) is 0 Å². The first-order valence-electron chi connectivity index (χ1n) is 43.9. The van der Waals surface area contributed by atoms with Crippen LogP contribution in [0.3, 0.4) is 0 Å². The van der Waals surface area contributed by atoms with Crippen LogP contribution in [-0.4, -0.2) is 388 Å². The lowest BCUT2D eigenvalue weighted by Crippen LogP contribution is -2.55. The van der Waals surface area contributed by atoms with Gasteiger partial charge in [-0.25, -0.2) is 18.6 Å². The predicted molar refractivity (Wildman–Crippen MR) is 462 cm³/mol. The van der Waals surface area contributed by atoms with Gasteiger partial charge in [-0.05, 0) is 54.4 Å². The summed E-state index contributed by atoms with van der Waals surface area (Å²) in [4.78, 5) is 108. The average Bonchev–Trinajstić information content (AvgIpc) is 1.61. The van der Waals surface area contributed by atoms with Gasteiger partial charge in [0.25, 0.3) is 11.8 Å². The number of ether oxygens (including phenoxy) is 20. The number of aliphatic hydroxyl groups is 1. The Labute approximate surface area is 750 Å². The number of nitrogens with one attached hydrogen (secondary N) is 5. The van der Waals surface area contributed by atoms with E-state index in [4.69, 9.17) is 105 Å². The Hall–Kier alpha value is -7.83. The molecule has 3 atom stereocenters. The molecule has 128 heavy (non-hydrogen) atoms. The lowest BCUT2D eigenvalue weighted by atomic mass is 9.84. The van der Waals surface area contributed by atoms with Gasteiger partial charge in [-0.2, -0.15) is 0 Å². The third kappa shape index (κ3) is 55.4. The summed E-state index contributed by atoms with van der Waals surface area (Å²) in [5.74, 6) is -4.75. The van der Waals surface area contributed by atoms with Crippen molar-refractivity contribution in [1.82, 2.24) is 45.9 Å². The number of urea groups is 1. The van der Waals surface area contributed by atoms with E-state index in [1.165, 1.54) is 17.1 Å². The number of halogens is 2. The largest absolute Gasteiger partial charge is 0.387 e. The Morgan fingerprint density at radius 2 is 0.859 bits per heavy atom. The highest BCUT2D eigenvalue weighted by Gasteiger charge is 2.39. The molecule has 1 unspecified atom stereocenters. The molecular weight excluding hydrogens is 1690 g/mol. The molecule has 0 saturated carbocycles. The van der Waals surface area contributed by atoms with E-state index in [2.05, 4.69) is 26.6 Å². The van der Waals surface area contributed by atoms with E-state index in [0.717, 1.165) is 28.7 Å². The predicted octanol–water partition coefficient (Wildman–Crippen LogP) is 2.52. The number of amides is 9. The van der Waals surface area contributed by atoms with E-state index in [0.29, 0.717) is 257 Å². The summed E-state index contributed by atoms with van der Waals surface area (Å²) < 4.78 is 142. The number of aromatic nitrogens is 2. The van der Waals surface area contributed by atoms with E-state index in [1.807, 2.05) is 51.1 Å². The SMILES string of the molecule is CC(C)C(NC(=O)CCOCCOCCOCCOCCOCCOCCOCCOCCOCCOCCOCCOCCOCCOCCOCCOCCOCCOCCOCCOCCNC(=O)CCN1C(=O)C=CC1=O)C(=O)N[C@@H](CCCNC(N)=O)C(=O)NCCCN(C(=O)CO)[C@@H](c1nc(-c2cc(F)ccc2F)cn1Cc1ccccc1)C(C)(C)C. The van der Waals surface area contributed by atoms with Gasteiger partial charge in [-0.1, -0.05) is 65.0 Å². The molecule has 39 nitrogen and oxygen atoms in total. The molecule has 728 valence electrons. The number of imidazole rings is 1. The quantitative estimate of drug-likeness (QED) is 0.0315. The van der Waals surface area contributed by atoms with Gasteiger partial charge in [0.2, 0.25) is 29.5 Å². The minimum absolute atomic E-state index is 0.0119. The second-order valence-electron chi connectivity index (χ2n) is 29.9. The van der Waals surface area contributed by atoms with Crippen molar-refractivity contribution in [2.75, 3.05) is 304 Å². The van der Waals surface area contributed by atoms with E-state index in [9.17, 15) is 47.9 Å². The second kappa shape index (κ2) is 73.8. The van der Waals surface area contributed by atoms with Gasteiger partial charge in [-0.3, -0.25) is 38.5 Å². The van der Waals surface area contributed by atoms with E-state index < -0.39 is 89.2 Å². The molecular formula is C87H142F2N10O29. The summed E-state index contributed by atoms with van der Waals surface area (Å²) in [6.45, 7) is 25.2. The molecule has 4 rings (SSSR count). The van der Waals surface area contributed by atoms with Crippen LogP contribution >= 0.6 is 0 Å². The van der Waals surface area contributed by atoms with Crippen LogP contribution < -0.4 is 32.3 Å². The highest BCUT2D eigenvalue weighted by atomic mass is 19.1. The molecule has 0 saturated heterocycles. The number of nitrogens with two attached hydrogens (primary N) is 1. The summed E-state index contributed by atoms with van der Waals surface area (Å²) in [6.07, 6.45) is 4.45. The number of nitrogens with zero attached hydrogens (tertiary/aromatic N) is 4. The van der Waals surface area contributed by atoms with Crippen molar-refractivity contribution < 1.29 is 147 Å². The molecule has 0 radical (unpaired) electrons. The Morgan fingerprint density at radius 3 is 1.24 bits per heavy atom. The van der Waals surface area contributed by atoms with Crippen molar-refractivity contribution in [2.45, 2.75) is 91.4 Å². The zero-order chi connectivity index (χ0) is 92.6. The van der Waals surface area contributed by atoms with Gasteiger partial charge >= 0.3 is 6.03 Å². The maximum atomic E-state index is 15.3. The molecule has 0 aliphatic carbocycles. The fourth-order valence-corrected chi connectivity index (χ4v) is 11.9. The van der Waals surface area contributed by atoms with Gasteiger partial charge in [0.1, 0.15) is 36.1 Å². The number of benzene rings is 2. The van der Waals surface area contributed by atoms with Crippen molar-refractivity contribution in [2.24, 2.45) is 17.1 Å². The number of carbonyl (C=O) groups is 8. The minimum atomic E-state index is -1.12. The average molecular weight is 1830 g/mol. The number of carbonyl (C=O) groups excluding carboxylic acids is 8. The third-order valence-electron chi connectivity index (χ3n) is 18.4. The van der Waals surface area contributed by atoms with E-state index in [1.54, 1.807) is 24.6 Å². The molecule has 8 N–H and O–H groups in total. The molecule has 1 aliphatic rings. The van der Waals surface area contributed by atoms with E-state index in [-0.39, 0.29) is 102 Å². The van der Waals surface area contributed by atoms with Crippen LogP contribution in [0.25, 0.3) is 11.3 Å². The van der Waals surface area contributed by atoms with E-state index >= 15 is 4.39 Å². The number of hydrogen-bond donors (Lipinski definition) is 7. The standard InChI is InChI=1S/C87H142F2N10O29/c1-69(2)81(85(107)95-74(13-9-20-93-86(90)108)84(106)92-21-10-23-99(80(105)68-100)82(87(3,4)5)83-94-75(72-65-71(88)14-15-73(72)89)67-97(83)66-70-11-7-6-8-12-70)96-77(102)19-25-109-27-29-111-31-33-113-35-37-115-39-41-117-43-45-119-47-49-121-51-53-123-55-57-125-59-61-127-63-64-128-62-60-126-58-56-124-54-52-122-50-48-120-46-44-118-42-40-116-38-36-114-34-32-112-30-28-110-26-22-91-76(101)18-24-98-78(103)16-17-79(98)104/h6-8,11-12,14-17,65,67,69,74,81-82,100H,9-10,13,18-64,66,68H2,1-5H3,(H,91,101)(H,92,106)(H,95,107)(H,96,102)(H3,90,93,108)/t74-,81?,82-/m0/s1. The normalized spacial score (nSPS) is 12.9. The highest BCUT2D eigenvalue weighted by molar-refractivity contribution is 6.13. The Kier molecular flexibility index (Phi) is 64.9. The number of aliphatic hydroxyl groups excluding tert-OH is 1. The highest BCUT2D eigenvalue weighted by Crippen LogP contribution is 2.40. The van der Waals surface area contributed by atoms with Crippen LogP contribution in [0.15, 0.2) is 66.9 Å². The molecule has 2 aromatic carbocycles. The molecule has 1 aromatic heterocycles. The van der Waals surface area contributed by atoms with Gasteiger partial charge in [0, 0.05) is 76.0 Å². The minimum Gasteiger partial charge on any atom is -0.387 e. The first-order valence-corrected chi connectivity index (χ1v) is 43.9. The topological polar surface area (TPSA) is 452 Å². The first kappa shape index (κ1) is 112. The molecule has 9 amide bonds. The molecule has 0 bridgehead atoms. The van der Waals surface area contributed by atoms with Crippen molar-refractivity contribution in [1.29, 1.82) is 0 Å². The lowest BCUT2D eigenvalue weighted by Gasteiger charge is -2.40. The summed E-state index contributed by atoms with van der Waals surface area (Å²) in [7, 11) is 0. The van der Waals surface area contributed by atoms with Gasteiger partial charge in [0.15, 0.2) is 0 Å². The number of rotatable bonds is 85. The molecule has 1 aliphatic heterocycles. The van der Waals surface area contributed by atoms with Crippen LogP contribution in [0.5, 0.6) is 0 Å². The molecule has 3 aromatic rings. The van der Waals surface area contributed by atoms with Gasteiger partial charge < -0.3 is 142 Å². The van der Waals surface area contributed by atoms with Crippen molar-refractivity contribution in [3.05, 3.63) is 89.9 Å². The monoisotopic (exact) mass is 1830 g/mol. The molecule has 41 heteroatoms. The fraction of sp³-hybridized carbons (Fsp3) is 0.713. The summed E-state index contributed by atoms with van der Waals surface area (Å²) in [5.41, 5.74) is 5.48. The Bertz CT molecular complexity index is 3450. The zero-order valence-electron chi connectivity index (χ0n) is 75.4. The van der Waals surface area contributed by atoms with Gasteiger partial charge in [-0.15, -0.1) is 0 Å². The van der Waals surface area contributed by atoms with Crippen LogP contribution in [0.2, 0.25) is 0 Å². The van der Waals surface area contributed by atoms with Crippen LogP contribution in [0.4, 0.5) is 13.6 Å². The molecule has 0 spiro atoms. The summed E-state index contributed by atoms with van der Waals surface area (Å²) in [6, 6.07) is 8.75. The molecule has 0 fully saturated rings. The maximum absolute atomic E-state index is 15.3. The molecule has 2 heterocycles. The number of imide groups is 1. The Morgan fingerprint density at radius 1 is 0.469 bits per heavy atom. The summed E-state index contributed by atoms with van der Waals surface area (Å²) >= 11 is 0. The third-order valence-corrected chi connectivity index (χ3v) is 18.4. The van der Waals surface area contributed by atoms with Crippen LogP contribution in [0, 0.1) is 23.0 Å². The van der Waals surface area contributed by atoms with Crippen LogP contribution in [-0.2, 0) is 135 Å². The lowest BCUT2D eigenvalue weighted by molar-refractivity contribution is -0.140. The Balaban J connectivity index is 0.849. The summed E-state index contributed by atoms with van der Waals surface area (Å²) in [5, 5.41) is 23.8. The fourth-order valence-electron chi connectivity index (χ4n) is 11.9. The smallest absolute Gasteiger partial charge is 0.312 e. The van der Waals surface area contributed by atoms with Gasteiger partial charge in [0.05, 0.1) is 276 Å². The zero-order valence-corrected chi connectivity index (χ0v) is 75.4. The van der Waals surface area contributed by atoms with Crippen LogP contribution in [0.1, 0.15) is 84.2 Å². The number of primary amides is 1. The van der Waals surface area contributed by atoms with Crippen molar-refractivity contribution in [3.8, 4) is 11.3 Å².